The highest BCUT2D eigenvalue weighted by Crippen LogP contribution is 2.35. The first-order valence-electron chi connectivity index (χ1n) is 17.3. The van der Waals surface area contributed by atoms with Crippen LogP contribution >= 0.6 is 0 Å². The van der Waals surface area contributed by atoms with Gasteiger partial charge in [0.05, 0.1) is 41.1 Å². The highest BCUT2D eigenvalue weighted by atomic mass is 16.3. The molecule has 0 aliphatic heterocycles. The Morgan fingerprint density at radius 2 is 1.56 bits per heavy atom. The van der Waals surface area contributed by atoms with Crippen molar-refractivity contribution in [2.45, 2.75) is 32.6 Å². The van der Waals surface area contributed by atoms with Crippen LogP contribution in [0.15, 0.2) is 144 Å². The number of nitrogens with zero attached hydrogens (tertiary/aromatic N) is 4. The predicted octanol–water partition coefficient (Wildman–Crippen LogP) is 9.83. The Balaban J connectivity index is 1.14. The molecule has 0 saturated carbocycles. The van der Waals surface area contributed by atoms with Gasteiger partial charge in [0.15, 0.2) is 11.4 Å². The van der Waals surface area contributed by atoms with E-state index in [0.717, 1.165) is 56.2 Å². The van der Waals surface area contributed by atoms with E-state index >= 15 is 0 Å². The summed E-state index contributed by atoms with van der Waals surface area (Å²) in [6.07, 6.45) is 5.92. The number of para-hydroxylation sites is 3. The Morgan fingerprint density at radius 3 is 2.46 bits per heavy atom. The summed E-state index contributed by atoms with van der Waals surface area (Å²) in [5.41, 5.74) is 10.4. The molecule has 232 valence electrons. The average Bonchev–Trinajstić information content (AvgIpc) is 3.77. The zero-order valence-corrected chi connectivity index (χ0v) is 27.0. The first-order chi connectivity index (χ1) is 24.2. The molecular formula is C43H34N4O. The van der Waals surface area contributed by atoms with Crippen LogP contribution in [-0.2, 0) is 11.8 Å². The Morgan fingerprint density at radius 1 is 0.771 bits per heavy atom. The van der Waals surface area contributed by atoms with Crippen molar-refractivity contribution in [2.24, 2.45) is 0 Å². The highest BCUT2D eigenvalue weighted by molar-refractivity contribution is 6.10. The largest absolute Gasteiger partial charge is 0.460 e. The summed E-state index contributed by atoms with van der Waals surface area (Å²) >= 11 is 0. The van der Waals surface area contributed by atoms with E-state index in [1.54, 1.807) is 12.3 Å². The molecule has 0 bridgehead atoms. The minimum Gasteiger partial charge on any atom is -0.460 e. The zero-order valence-electron chi connectivity index (χ0n) is 29.0. The second kappa shape index (κ2) is 10.8. The molecule has 5 heteroatoms. The molecule has 9 aromatic rings. The van der Waals surface area contributed by atoms with Gasteiger partial charge in [-0.1, -0.05) is 99.6 Å². The van der Waals surface area contributed by atoms with Gasteiger partial charge >= 0.3 is 0 Å². The molecule has 4 aromatic heterocycles. The number of hydrogen-bond acceptors (Lipinski definition) is 2. The molecule has 0 amide bonds. The summed E-state index contributed by atoms with van der Waals surface area (Å²) in [5, 5.41) is 2.79. The van der Waals surface area contributed by atoms with Crippen molar-refractivity contribution in [3.63, 3.8) is 0 Å². The number of rotatable bonds is 5. The lowest BCUT2D eigenvalue weighted by Gasteiger charge is -2.20. The Labute approximate surface area is 281 Å². The number of aromatic nitrogens is 4. The summed E-state index contributed by atoms with van der Waals surface area (Å²) in [6, 6.07) is 42.5. The molecular weight excluding hydrogens is 589 g/mol. The van der Waals surface area contributed by atoms with E-state index in [0.29, 0.717) is 16.8 Å². The van der Waals surface area contributed by atoms with E-state index in [9.17, 15) is 0 Å². The lowest BCUT2D eigenvalue weighted by molar-refractivity contribution is -0.572. The van der Waals surface area contributed by atoms with Gasteiger partial charge in [0.1, 0.15) is 1.37 Å². The number of imidazole rings is 1. The van der Waals surface area contributed by atoms with Gasteiger partial charge in [0.2, 0.25) is 0 Å². The maximum Gasteiger partial charge on any atom is 0.269 e. The molecule has 0 aliphatic carbocycles. The molecule has 5 aromatic carbocycles. The van der Waals surface area contributed by atoms with E-state index < -0.39 is 0 Å². The van der Waals surface area contributed by atoms with Gasteiger partial charge < -0.3 is 4.42 Å². The zero-order chi connectivity index (χ0) is 34.1. The monoisotopic (exact) mass is 624 g/mol. The maximum absolute atomic E-state index is 8.35. The second-order valence-corrected chi connectivity index (χ2v) is 13.5. The van der Waals surface area contributed by atoms with Crippen molar-refractivity contribution in [3.05, 3.63) is 163 Å². The van der Waals surface area contributed by atoms with Gasteiger partial charge in [-0.05, 0) is 77.0 Å². The number of benzene rings is 5. The molecule has 0 unspecified atom stereocenters. The van der Waals surface area contributed by atoms with E-state index in [-0.39, 0.29) is 17.7 Å². The van der Waals surface area contributed by atoms with Gasteiger partial charge in [0.25, 0.3) is 6.33 Å². The standard InChI is InChI=1S/C43H34N4O/c1-43(2,3)32-11-9-13-34(27-32)46-28-45(38-16-6-7-17-39(38)46)33-12-8-10-29(25-33)24-30-18-19-36-35-14-4-5-15-37(35)47(40(36)26-30)42-41-31(20-22-44-42)21-23-48-41/h4-23,25-27H,24H2,1-3H3/i21D,23D. The van der Waals surface area contributed by atoms with Gasteiger partial charge in [0, 0.05) is 22.4 Å². The lowest BCUT2D eigenvalue weighted by Crippen LogP contribution is -2.30. The SMILES string of the molecule is [2H]c1oc2c(-n3c4ccccc4c4ccc(Cc5cccc(-n6[c-][n+](-c7cccc(C(C)(C)C)c7)c7ccccc76)c5)cc43)nccc2c1[2H]. The molecule has 0 N–H and O–H groups in total. The van der Waals surface area contributed by atoms with E-state index in [1.165, 1.54) is 11.1 Å². The first-order valence-corrected chi connectivity index (χ1v) is 16.3. The quantitative estimate of drug-likeness (QED) is 0.141. The smallest absolute Gasteiger partial charge is 0.269 e. The molecule has 4 heterocycles. The van der Waals surface area contributed by atoms with Crippen LogP contribution in [0.5, 0.6) is 0 Å². The summed E-state index contributed by atoms with van der Waals surface area (Å²) in [7, 11) is 0. The summed E-state index contributed by atoms with van der Waals surface area (Å²) in [6.45, 7) is 6.72. The third-order valence-electron chi connectivity index (χ3n) is 9.29. The minimum atomic E-state index is -0.160. The third-order valence-corrected chi connectivity index (χ3v) is 9.29. The number of furan rings is 1. The molecule has 0 fully saturated rings. The predicted molar refractivity (Wildman–Crippen MR) is 193 cm³/mol. The van der Waals surface area contributed by atoms with Crippen molar-refractivity contribution >= 4 is 43.8 Å². The van der Waals surface area contributed by atoms with Crippen molar-refractivity contribution in [1.82, 2.24) is 14.1 Å². The highest BCUT2D eigenvalue weighted by Gasteiger charge is 2.19. The van der Waals surface area contributed by atoms with Crippen molar-refractivity contribution in [2.75, 3.05) is 0 Å². The van der Waals surface area contributed by atoms with Gasteiger partial charge in [-0.2, -0.15) is 0 Å². The van der Waals surface area contributed by atoms with Gasteiger partial charge in [-0.25, -0.2) is 4.98 Å². The third kappa shape index (κ3) is 4.62. The minimum absolute atomic E-state index is 0.0419. The Hall–Kier alpha value is -5.94. The maximum atomic E-state index is 8.35. The van der Waals surface area contributed by atoms with E-state index in [4.69, 9.17) is 12.1 Å². The van der Waals surface area contributed by atoms with Gasteiger partial charge in [-0.15, -0.1) is 0 Å². The fourth-order valence-corrected chi connectivity index (χ4v) is 6.88. The van der Waals surface area contributed by atoms with Gasteiger partial charge in [-0.3, -0.25) is 13.7 Å². The summed E-state index contributed by atoms with van der Waals surface area (Å²) in [4.78, 5) is 4.72. The van der Waals surface area contributed by atoms with Crippen molar-refractivity contribution < 1.29 is 11.7 Å². The molecule has 0 spiro atoms. The van der Waals surface area contributed by atoms with Crippen LogP contribution in [0, 0.1) is 6.33 Å². The van der Waals surface area contributed by atoms with Crippen LogP contribution in [0.4, 0.5) is 0 Å². The molecule has 9 rings (SSSR count). The van der Waals surface area contributed by atoms with Crippen LogP contribution in [0.1, 0.15) is 40.2 Å². The molecule has 0 saturated heterocycles. The molecule has 0 aliphatic rings. The number of hydrogen-bond donors (Lipinski definition) is 0. The first kappa shape index (κ1) is 26.2. The van der Waals surface area contributed by atoms with Crippen LogP contribution in [0.3, 0.4) is 0 Å². The second-order valence-electron chi connectivity index (χ2n) is 13.5. The van der Waals surface area contributed by atoms with Crippen LogP contribution in [0.2, 0.25) is 0 Å². The molecule has 48 heavy (non-hydrogen) atoms. The normalized spacial score (nSPS) is 12.7. The van der Waals surface area contributed by atoms with Crippen LogP contribution in [0.25, 0.3) is 61.0 Å². The van der Waals surface area contributed by atoms with Crippen LogP contribution in [-0.4, -0.2) is 14.1 Å². The van der Waals surface area contributed by atoms with Crippen molar-refractivity contribution in [1.29, 1.82) is 0 Å². The van der Waals surface area contributed by atoms with E-state index in [2.05, 4.69) is 144 Å². The van der Waals surface area contributed by atoms with E-state index in [1.807, 2.05) is 12.1 Å². The van der Waals surface area contributed by atoms with Crippen LogP contribution < -0.4 is 4.57 Å². The average molecular weight is 625 g/mol. The molecule has 0 radical (unpaired) electrons. The number of pyridine rings is 1. The fourth-order valence-electron chi connectivity index (χ4n) is 6.88. The Kier molecular flexibility index (Phi) is 5.89. The van der Waals surface area contributed by atoms with Crippen molar-refractivity contribution in [3.8, 4) is 17.2 Å². The Bertz CT molecular complexity index is 2760. The molecule has 0 atom stereocenters. The lowest BCUT2D eigenvalue weighted by atomic mass is 9.87. The summed E-state index contributed by atoms with van der Waals surface area (Å²) in [5.74, 6) is 0.580. The fraction of sp³-hybridized carbons (Fsp3) is 0.116. The topological polar surface area (TPSA) is 39.8 Å². The molecule has 5 nitrogen and oxygen atoms in total. The summed E-state index contributed by atoms with van der Waals surface area (Å²) < 4.78 is 28.7. The number of fused-ring (bicyclic) bond motifs is 5.